The fourth-order valence-corrected chi connectivity index (χ4v) is 2.63. The first kappa shape index (κ1) is 25.9. The molecule has 0 aromatic carbocycles. The number of ether oxygens (including phenoxy) is 2. The van der Waals surface area contributed by atoms with Gasteiger partial charge in [-0.2, -0.15) is 0 Å². The van der Waals surface area contributed by atoms with Crippen molar-refractivity contribution in [2.75, 3.05) is 0 Å². The van der Waals surface area contributed by atoms with Crippen LogP contribution in [0.15, 0.2) is 0 Å². The third-order valence-electron chi connectivity index (χ3n) is 4.25. The Morgan fingerprint density at radius 3 is 1.21 bits per heavy atom. The molecule has 0 saturated heterocycles. The molecule has 0 aliphatic carbocycles. The van der Waals surface area contributed by atoms with Gasteiger partial charge in [0, 0.05) is 12.8 Å². The van der Waals surface area contributed by atoms with Crippen LogP contribution in [-0.4, -0.2) is 46.3 Å². The molecule has 0 radical (unpaired) electrons. The second kappa shape index (κ2) is 15.9. The molecular weight excluding hydrogens is 368 g/mol. The predicted octanol–water partition coefficient (Wildman–Crippen LogP) is 3.70. The van der Waals surface area contributed by atoms with Crippen molar-refractivity contribution in [2.24, 2.45) is 0 Å². The topological polar surface area (TPSA) is 127 Å². The molecule has 0 spiro atoms. The first-order valence-corrected chi connectivity index (χ1v) is 10.2. The summed E-state index contributed by atoms with van der Waals surface area (Å²) in [5.74, 6) is -4.96. The highest BCUT2D eigenvalue weighted by atomic mass is 16.6. The lowest BCUT2D eigenvalue weighted by atomic mass is 10.1. The van der Waals surface area contributed by atoms with E-state index in [-0.39, 0.29) is 12.8 Å². The number of hydrogen-bond acceptors (Lipinski definition) is 6. The Bertz CT molecular complexity index is 445. The number of carboxylic acid groups (broad SMARTS) is 2. The van der Waals surface area contributed by atoms with Crippen molar-refractivity contribution in [3.05, 3.63) is 0 Å². The number of carboxylic acids is 2. The number of unbranched alkanes of at least 4 members (excludes halogenated alkanes) is 8. The molecule has 8 heteroatoms. The van der Waals surface area contributed by atoms with Gasteiger partial charge in [0.1, 0.15) is 0 Å². The molecule has 0 aromatic rings. The van der Waals surface area contributed by atoms with Crippen LogP contribution in [0.25, 0.3) is 0 Å². The number of carbonyl (C=O) groups excluding carboxylic acids is 2. The molecule has 0 aromatic heterocycles. The van der Waals surface area contributed by atoms with E-state index in [0.29, 0.717) is 12.8 Å². The van der Waals surface area contributed by atoms with Crippen LogP contribution in [0, 0.1) is 0 Å². The molecule has 0 aliphatic rings. The van der Waals surface area contributed by atoms with Crippen LogP contribution in [0.5, 0.6) is 0 Å². The number of carbonyl (C=O) groups is 4. The average molecular weight is 402 g/mol. The van der Waals surface area contributed by atoms with Gasteiger partial charge in [0.25, 0.3) is 0 Å². The summed E-state index contributed by atoms with van der Waals surface area (Å²) in [5, 5.41) is 18.5. The summed E-state index contributed by atoms with van der Waals surface area (Å²) in [7, 11) is 0. The van der Waals surface area contributed by atoms with Gasteiger partial charge in [0.15, 0.2) is 0 Å². The highest BCUT2D eigenvalue weighted by Crippen LogP contribution is 2.13. The molecular formula is C20H34O8. The Balaban J connectivity index is 4.60. The summed E-state index contributed by atoms with van der Waals surface area (Å²) >= 11 is 0. The highest BCUT2D eigenvalue weighted by Gasteiger charge is 2.40. The zero-order valence-electron chi connectivity index (χ0n) is 17.0. The molecule has 2 atom stereocenters. The van der Waals surface area contributed by atoms with Gasteiger partial charge in [-0.25, -0.2) is 9.59 Å². The molecule has 28 heavy (non-hydrogen) atoms. The normalized spacial score (nSPS) is 12.8. The van der Waals surface area contributed by atoms with E-state index in [0.717, 1.165) is 51.4 Å². The van der Waals surface area contributed by atoms with E-state index in [9.17, 15) is 29.4 Å². The number of rotatable bonds is 17. The van der Waals surface area contributed by atoms with Gasteiger partial charge in [0.2, 0.25) is 12.2 Å². The van der Waals surface area contributed by atoms with E-state index in [1.165, 1.54) is 0 Å². The summed E-state index contributed by atoms with van der Waals surface area (Å²) in [4.78, 5) is 46.5. The molecule has 0 aliphatic heterocycles. The number of aliphatic carboxylic acids is 2. The first-order valence-electron chi connectivity index (χ1n) is 10.2. The van der Waals surface area contributed by atoms with Gasteiger partial charge in [-0.05, 0) is 12.8 Å². The molecule has 0 bridgehead atoms. The van der Waals surface area contributed by atoms with Gasteiger partial charge >= 0.3 is 23.9 Å². The van der Waals surface area contributed by atoms with E-state index in [1.54, 1.807) is 0 Å². The lowest BCUT2D eigenvalue weighted by Crippen LogP contribution is -2.45. The summed E-state index contributed by atoms with van der Waals surface area (Å²) < 4.78 is 9.61. The average Bonchev–Trinajstić information content (AvgIpc) is 2.63. The summed E-state index contributed by atoms with van der Waals surface area (Å²) in [6.45, 7) is 4.12. The van der Waals surface area contributed by atoms with Crippen molar-refractivity contribution in [1.29, 1.82) is 0 Å². The Hall–Kier alpha value is -2.12. The third-order valence-corrected chi connectivity index (χ3v) is 4.25. The molecule has 0 saturated carbocycles. The van der Waals surface area contributed by atoms with Gasteiger partial charge in [0.05, 0.1) is 0 Å². The van der Waals surface area contributed by atoms with E-state index < -0.39 is 36.1 Å². The summed E-state index contributed by atoms with van der Waals surface area (Å²) in [6, 6.07) is 0. The van der Waals surface area contributed by atoms with Crippen molar-refractivity contribution in [3.63, 3.8) is 0 Å². The molecule has 162 valence electrons. The minimum atomic E-state index is -2.07. The monoisotopic (exact) mass is 402 g/mol. The predicted molar refractivity (Wildman–Crippen MR) is 102 cm³/mol. The highest BCUT2D eigenvalue weighted by molar-refractivity contribution is 5.87. The van der Waals surface area contributed by atoms with Crippen LogP contribution in [0.4, 0.5) is 0 Å². The second-order valence-corrected chi connectivity index (χ2v) is 6.83. The minimum Gasteiger partial charge on any atom is -0.478 e. The standard InChI is InChI=1S/C20H34O8/c1-3-5-7-9-11-13-15(21)27-17(19(23)24)18(20(25)26)28-16(22)14-12-10-8-6-4-2/h17-18H,3-14H2,1-2H3,(H,23,24)(H,25,26). The van der Waals surface area contributed by atoms with Crippen molar-refractivity contribution in [1.82, 2.24) is 0 Å². The van der Waals surface area contributed by atoms with E-state index in [1.807, 2.05) is 0 Å². The van der Waals surface area contributed by atoms with Crippen LogP contribution in [-0.2, 0) is 28.7 Å². The van der Waals surface area contributed by atoms with Crippen molar-refractivity contribution in [3.8, 4) is 0 Å². The summed E-state index contributed by atoms with van der Waals surface area (Å²) in [6.07, 6.45) is 4.62. The largest absolute Gasteiger partial charge is 0.478 e. The van der Waals surface area contributed by atoms with Crippen LogP contribution in [0.3, 0.4) is 0 Å². The zero-order valence-corrected chi connectivity index (χ0v) is 17.0. The second-order valence-electron chi connectivity index (χ2n) is 6.83. The first-order chi connectivity index (χ1) is 13.3. The third kappa shape index (κ3) is 12.3. The number of hydrogen-bond donors (Lipinski definition) is 2. The molecule has 0 heterocycles. The van der Waals surface area contributed by atoms with Crippen molar-refractivity contribution < 1.29 is 38.9 Å². The van der Waals surface area contributed by atoms with Gasteiger partial charge < -0.3 is 19.7 Å². The molecule has 8 nitrogen and oxygen atoms in total. The van der Waals surface area contributed by atoms with Crippen LogP contribution in [0.1, 0.15) is 90.9 Å². The van der Waals surface area contributed by atoms with E-state index in [4.69, 9.17) is 9.47 Å². The fourth-order valence-electron chi connectivity index (χ4n) is 2.63. The SMILES string of the molecule is CCCCCCCC(=O)OC(C(=O)O)C(OC(=O)CCCCCCC)C(=O)O. The van der Waals surface area contributed by atoms with Crippen molar-refractivity contribution in [2.45, 2.75) is 103 Å². The molecule has 2 unspecified atom stereocenters. The molecule has 2 N–H and O–H groups in total. The minimum absolute atomic E-state index is 0.00872. The maximum absolute atomic E-state index is 11.9. The Kier molecular flexibility index (Phi) is 14.7. The van der Waals surface area contributed by atoms with E-state index in [2.05, 4.69) is 13.8 Å². The van der Waals surface area contributed by atoms with Crippen LogP contribution in [0.2, 0.25) is 0 Å². The van der Waals surface area contributed by atoms with Crippen LogP contribution >= 0.6 is 0 Å². The lowest BCUT2D eigenvalue weighted by molar-refractivity contribution is -0.187. The van der Waals surface area contributed by atoms with E-state index >= 15 is 0 Å². The smallest absolute Gasteiger partial charge is 0.349 e. The zero-order chi connectivity index (χ0) is 21.4. The Labute approximate surface area is 166 Å². The van der Waals surface area contributed by atoms with Gasteiger partial charge in [-0.1, -0.05) is 65.2 Å². The Morgan fingerprint density at radius 2 is 0.929 bits per heavy atom. The quantitative estimate of drug-likeness (QED) is 0.278. The fraction of sp³-hybridized carbons (Fsp3) is 0.800. The van der Waals surface area contributed by atoms with Crippen LogP contribution < -0.4 is 0 Å². The van der Waals surface area contributed by atoms with Gasteiger partial charge in [-0.3, -0.25) is 9.59 Å². The maximum atomic E-state index is 11.9. The summed E-state index contributed by atoms with van der Waals surface area (Å²) in [5.41, 5.74) is 0. The van der Waals surface area contributed by atoms with Gasteiger partial charge in [-0.15, -0.1) is 0 Å². The lowest BCUT2D eigenvalue weighted by Gasteiger charge is -2.21. The molecule has 0 fully saturated rings. The molecule has 0 rings (SSSR count). The number of esters is 2. The molecule has 0 amide bonds. The van der Waals surface area contributed by atoms with Crippen molar-refractivity contribution >= 4 is 23.9 Å². The Morgan fingerprint density at radius 1 is 0.607 bits per heavy atom. The maximum Gasteiger partial charge on any atom is 0.349 e.